The molecule has 0 aliphatic heterocycles. The van der Waals surface area contributed by atoms with Crippen molar-refractivity contribution < 1.29 is 27.8 Å². The van der Waals surface area contributed by atoms with Gasteiger partial charge in [0.15, 0.2) is 0 Å². The fourth-order valence-corrected chi connectivity index (χ4v) is 0.872. The van der Waals surface area contributed by atoms with Gasteiger partial charge in [-0.3, -0.25) is 0 Å². The fourth-order valence-electron chi connectivity index (χ4n) is 0.807. The Morgan fingerprint density at radius 1 is 0.733 bits per heavy atom. The van der Waals surface area contributed by atoms with Crippen molar-refractivity contribution in [3.8, 4) is 0 Å². The van der Waals surface area contributed by atoms with Crippen molar-refractivity contribution in [1.29, 1.82) is 0 Å². The van der Waals surface area contributed by atoms with Gasteiger partial charge < -0.3 is 0 Å². The predicted molar refractivity (Wildman–Crippen MR) is 57.2 cm³/mol. The molecule has 2 nitrogen and oxygen atoms in total. The van der Waals surface area contributed by atoms with Crippen LogP contribution in [0.15, 0.2) is 48.6 Å². The van der Waals surface area contributed by atoms with E-state index in [1.54, 1.807) is 0 Å². The Hall–Kier alpha value is -1.17. The van der Waals surface area contributed by atoms with Crippen LogP contribution < -0.4 is 0 Å². The number of hydrogen-bond donors (Lipinski definition) is 0. The number of carbonyl (C=O) groups excluding carboxylic acids is 2. The van der Waals surface area contributed by atoms with Gasteiger partial charge in [-0.1, -0.05) is 48.6 Å². The van der Waals surface area contributed by atoms with E-state index in [1.807, 2.05) is 0 Å². The fraction of sp³-hybridized carbons (Fsp3) is 0.167. The first kappa shape index (κ1) is 13.8. The van der Waals surface area contributed by atoms with E-state index in [2.05, 4.69) is 48.6 Å². The Labute approximate surface area is 97.6 Å². The van der Waals surface area contributed by atoms with E-state index < -0.39 is 18.2 Å². The molecule has 0 unspecified atom stereocenters. The Morgan fingerprint density at radius 2 is 1.07 bits per heavy atom. The molecule has 76 valence electrons. The topological polar surface area (TPSA) is 34.1 Å². The van der Waals surface area contributed by atoms with Crippen LogP contribution in [0, 0.1) is 0 Å². The van der Waals surface area contributed by atoms with Crippen LogP contribution in [0.1, 0.15) is 12.8 Å². The van der Waals surface area contributed by atoms with E-state index in [0.717, 1.165) is 12.8 Å². The first-order chi connectivity index (χ1) is 7.41. The van der Waals surface area contributed by atoms with Crippen LogP contribution in [-0.4, -0.2) is 8.36 Å². The molecule has 2 aliphatic rings. The van der Waals surface area contributed by atoms with Gasteiger partial charge in [0.25, 0.3) is 0 Å². The standard InChI is InChI=1S/2C5H6.2CO.Ti/c2*1-2-4-5-3-1;2*1-2;/h2*1-4H,5H2;;;. The van der Waals surface area contributed by atoms with Gasteiger partial charge in [0.1, 0.15) is 0 Å². The molecule has 0 aromatic carbocycles. The Balaban J connectivity index is 0.000000196. The van der Waals surface area contributed by atoms with E-state index in [0.29, 0.717) is 0 Å². The molecule has 0 N–H and O–H groups in total. The summed E-state index contributed by atoms with van der Waals surface area (Å²) < 4.78 is 2.94. The van der Waals surface area contributed by atoms with Crippen molar-refractivity contribution >= 4 is 8.36 Å². The molecular weight excluding hydrogens is 224 g/mol. The Morgan fingerprint density at radius 3 is 1.13 bits per heavy atom. The summed E-state index contributed by atoms with van der Waals surface area (Å²) in [6, 6.07) is 0. The van der Waals surface area contributed by atoms with Crippen molar-refractivity contribution in [3.63, 3.8) is 0 Å². The van der Waals surface area contributed by atoms with Crippen molar-refractivity contribution in [3.05, 3.63) is 48.6 Å². The van der Waals surface area contributed by atoms with E-state index in [4.69, 9.17) is 9.59 Å². The van der Waals surface area contributed by atoms with Gasteiger partial charge in [0.2, 0.25) is 0 Å². The molecule has 0 bridgehead atoms. The molecule has 2 aliphatic carbocycles. The molecule has 0 atom stereocenters. The normalized spacial score (nSPS) is 12.8. The molecule has 3 heteroatoms. The summed E-state index contributed by atoms with van der Waals surface area (Å²) in [5.41, 5.74) is 0. The molecule has 0 heterocycles. The summed E-state index contributed by atoms with van der Waals surface area (Å²) >= 11 is -1.08. The molecule has 0 aromatic rings. The van der Waals surface area contributed by atoms with E-state index in [-0.39, 0.29) is 0 Å². The molecule has 0 radical (unpaired) electrons. The SMILES string of the molecule is C1=CCC=C1.C1=CCC=C1.O=[C]=[Ti]=[C]=O. The van der Waals surface area contributed by atoms with Crippen LogP contribution in [-0.2, 0) is 27.8 Å². The first-order valence-corrected chi connectivity index (χ1v) is 6.10. The second-order valence-corrected chi connectivity index (χ2v) is 3.54. The second-order valence-electron chi connectivity index (χ2n) is 2.51. The van der Waals surface area contributed by atoms with Gasteiger partial charge in [-0.15, -0.1) is 0 Å². The summed E-state index contributed by atoms with van der Waals surface area (Å²) in [4.78, 5) is 18.1. The van der Waals surface area contributed by atoms with Crippen LogP contribution in [0.2, 0.25) is 0 Å². The number of rotatable bonds is 0. The summed E-state index contributed by atoms with van der Waals surface area (Å²) in [6.45, 7) is 0. The van der Waals surface area contributed by atoms with Crippen molar-refractivity contribution in [1.82, 2.24) is 0 Å². The average Bonchev–Trinajstić information content (AvgIpc) is 2.99. The minimum atomic E-state index is -1.08. The van der Waals surface area contributed by atoms with Crippen molar-refractivity contribution in [2.45, 2.75) is 12.8 Å². The molecule has 0 aromatic heterocycles. The number of allylic oxidation sites excluding steroid dienone is 8. The minimum absolute atomic E-state index is 1.08. The van der Waals surface area contributed by atoms with Crippen LogP contribution in [0.3, 0.4) is 0 Å². The zero-order valence-corrected chi connectivity index (χ0v) is 9.91. The van der Waals surface area contributed by atoms with E-state index in [9.17, 15) is 0 Å². The molecular formula is C12H12O2Ti. The molecule has 0 amide bonds. The van der Waals surface area contributed by atoms with Crippen LogP contribution in [0.4, 0.5) is 0 Å². The monoisotopic (exact) mass is 236 g/mol. The third kappa shape index (κ3) is 12.8. The van der Waals surface area contributed by atoms with Gasteiger partial charge in [0, 0.05) is 0 Å². The molecule has 0 saturated heterocycles. The van der Waals surface area contributed by atoms with E-state index >= 15 is 0 Å². The van der Waals surface area contributed by atoms with Gasteiger partial charge in [-0.05, 0) is 12.8 Å². The summed E-state index contributed by atoms with van der Waals surface area (Å²) in [7, 11) is 0. The molecule has 0 spiro atoms. The Bertz CT molecular complexity index is 318. The summed E-state index contributed by atoms with van der Waals surface area (Å²) in [6.07, 6.45) is 19.0. The molecule has 0 saturated carbocycles. The van der Waals surface area contributed by atoms with Gasteiger partial charge in [0.05, 0.1) is 0 Å². The summed E-state index contributed by atoms with van der Waals surface area (Å²) in [5, 5.41) is 0. The zero-order valence-electron chi connectivity index (χ0n) is 8.35. The second kappa shape index (κ2) is 12.8. The van der Waals surface area contributed by atoms with Gasteiger partial charge >= 0.3 is 36.2 Å². The maximum absolute atomic E-state index is 9.07. The van der Waals surface area contributed by atoms with Crippen LogP contribution >= 0.6 is 0 Å². The molecule has 2 rings (SSSR count). The first-order valence-electron chi connectivity index (χ1n) is 4.54. The van der Waals surface area contributed by atoms with Crippen LogP contribution in [0.25, 0.3) is 0 Å². The molecule has 0 fully saturated rings. The van der Waals surface area contributed by atoms with Crippen molar-refractivity contribution in [2.24, 2.45) is 0 Å². The van der Waals surface area contributed by atoms with Crippen LogP contribution in [0.5, 0.6) is 0 Å². The van der Waals surface area contributed by atoms with Crippen molar-refractivity contribution in [2.75, 3.05) is 0 Å². The Kier molecular flexibility index (Phi) is 11.8. The van der Waals surface area contributed by atoms with Gasteiger partial charge in [-0.2, -0.15) is 0 Å². The number of hydrogen-bond acceptors (Lipinski definition) is 2. The van der Waals surface area contributed by atoms with E-state index in [1.165, 1.54) is 8.36 Å². The summed E-state index contributed by atoms with van der Waals surface area (Å²) in [5.74, 6) is 0. The average molecular weight is 236 g/mol. The predicted octanol–water partition coefficient (Wildman–Crippen LogP) is 2.21. The quantitative estimate of drug-likeness (QED) is 0.604. The molecule has 15 heavy (non-hydrogen) atoms. The maximum atomic E-state index is 9.07. The third-order valence-corrected chi connectivity index (χ3v) is 1.73. The van der Waals surface area contributed by atoms with Gasteiger partial charge in [-0.25, -0.2) is 0 Å². The zero-order chi connectivity index (χ0) is 11.2. The third-order valence-electron chi connectivity index (χ3n) is 1.41.